The predicted molar refractivity (Wildman–Crippen MR) is 219 cm³/mol. The molecule has 10 nitrogen and oxygen atoms in total. The first-order valence-electron chi connectivity index (χ1n) is 19.9. The van der Waals surface area contributed by atoms with Crippen molar-refractivity contribution in [1.82, 2.24) is 10.2 Å². The van der Waals surface area contributed by atoms with Crippen LogP contribution in [0.4, 0.5) is 0 Å². The number of ether oxygens (including phenoxy) is 3. The summed E-state index contributed by atoms with van der Waals surface area (Å²) < 4.78 is 19.4. The van der Waals surface area contributed by atoms with Gasteiger partial charge in [-0.25, -0.2) is 0 Å². The van der Waals surface area contributed by atoms with Crippen molar-refractivity contribution < 1.29 is 24.1 Å². The van der Waals surface area contributed by atoms with Gasteiger partial charge in [0.1, 0.15) is 30.0 Å². The quantitative estimate of drug-likeness (QED) is 0.0862. The highest BCUT2D eigenvalue weighted by Crippen LogP contribution is 2.48. The second-order valence-electron chi connectivity index (χ2n) is 15.8. The molecule has 1 aliphatic heterocycles. The van der Waals surface area contributed by atoms with E-state index < -0.39 is 0 Å². The van der Waals surface area contributed by atoms with Gasteiger partial charge in [0.15, 0.2) is 0 Å². The molecule has 7 rings (SSSR count). The van der Waals surface area contributed by atoms with E-state index in [-0.39, 0.29) is 24.7 Å². The first-order valence-corrected chi connectivity index (χ1v) is 20.3. The first-order chi connectivity index (χ1) is 27.6. The standard InChI is InChI=1S/C46H50ClN5O5/c1-30-36(7-5-10-41(30)55-16-6-15-52-28-46(29-52)22-35(53)23-46)37-8-4-9-39-38(37)12-13-42(39)57-44-21-43(56-27-33-18-31(24-48)17-32(19-33)25-49)34(20-40(44)47)26-51-14-3-2-11-45(50)54/h4-5,7-10,17-21,35,42,51,53H,2-3,6,11-16,22-23,26-29H2,1H3,(H2,50,54)/t42-/m0/s1. The molecule has 0 radical (unpaired) electrons. The molecule has 1 atom stereocenters. The Morgan fingerprint density at radius 1 is 0.965 bits per heavy atom. The normalized spacial score (nSPS) is 16.9. The Labute approximate surface area is 340 Å². The highest BCUT2D eigenvalue weighted by molar-refractivity contribution is 6.32. The van der Waals surface area contributed by atoms with Crippen molar-refractivity contribution in [3.05, 3.63) is 111 Å². The number of carbonyl (C=O) groups excluding carboxylic acids is 1. The highest BCUT2D eigenvalue weighted by Gasteiger charge is 2.51. The summed E-state index contributed by atoms with van der Waals surface area (Å²) in [6, 6.07) is 25.6. The summed E-state index contributed by atoms with van der Waals surface area (Å²) in [7, 11) is 0. The number of hydrogen-bond donors (Lipinski definition) is 3. The number of nitriles is 2. The van der Waals surface area contributed by atoms with E-state index in [4.69, 9.17) is 31.5 Å². The van der Waals surface area contributed by atoms with E-state index in [9.17, 15) is 20.4 Å². The van der Waals surface area contributed by atoms with Gasteiger partial charge in [-0.2, -0.15) is 10.5 Å². The largest absolute Gasteiger partial charge is 0.493 e. The van der Waals surface area contributed by atoms with Crippen molar-refractivity contribution in [3.8, 4) is 40.5 Å². The lowest BCUT2D eigenvalue weighted by molar-refractivity contribution is -0.128. The molecule has 2 aliphatic carbocycles. The van der Waals surface area contributed by atoms with Gasteiger partial charge in [-0.1, -0.05) is 41.9 Å². The molecule has 1 spiro atoms. The Bertz CT molecular complexity index is 2150. The number of nitrogens with two attached hydrogens (primary N) is 1. The molecule has 4 aromatic rings. The average molecular weight is 788 g/mol. The zero-order chi connectivity index (χ0) is 39.9. The third kappa shape index (κ3) is 9.55. The predicted octanol–water partition coefficient (Wildman–Crippen LogP) is 7.67. The monoisotopic (exact) mass is 787 g/mol. The van der Waals surface area contributed by atoms with Gasteiger partial charge in [0, 0.05) is 49.6 Å². The lowest BCUT2D eigenvalue weighted by atomic mass is 9.62. The van der Waals surface area contributed by atoms with Gasteiger partial charge in [0.2, 0.25) is 5.91 Å². The van der Waals surface area contributed by atoms with Crippen LogP contribution in [0.1, 0.15) is 90.0 Å². The van der Waals surface area contributed by atoms with Gasteiger partial charge in [0.25, 0.3) is 0 Å². The van der Waals surface area contributed by atoms with Gasteiger partial charge in [0.05, 0.1) is 41.0 Å². The van der Waals surface area contributed by atoms with E-state index in [0.717, 1.165) is 86.2 Å². The zero-order valence-electron chi connectivity index (χ0n) is 32.5. The topological polar surface area (TPSA) is 154 Å². The first kappa shape index (κ1) is 40.1. The molecule has 57 heavy (non-hydrogen) atoms. The van der Waals surface area contributed by atoms with Crippen LogP contribution in [0, 0.1) is 35.0 Å². The molecule has 3 aliphatic rings. The maximum absolute atomic E-state index is 11.1. The van der Waals surface area contributed by atoms with E-state index in [1.807, 2.05) is 12.1 Å². The number of primary amides is 1. The number of likely N-dealkylation sites (tertiary alicyclic amines) is 1. The lowest BCUT2D eigenvalue weighted by Crippen LogP contribution is -2.63. The fourth-order valence-electron chi connectivity index (χ4n) is 8.71. The number of hydrogen-bond acceptors (Lipinski definition) is 9. The van der Waals surface area contributed by atoms with Crippen LogP contribution in [0.25, 0.3) is 11.1 Å². The van der Waals surface area contributed by atoms with Crippen LogP contribution in [0.3, 0.4) is 0 Å². The molecular formula is C46H50ClN5O5. The van der Waals surface area contributed by atoms with Crippen LogP contribution in [0.15, 0.2) is 66.7 Å². The number of aliphatic hydroxyl groups is 1. The number of halogens is 1. The molecule has 1 heterocycles. The molecule has 11 heteroatoms. The number of nitrogens with one attached hydrogen (secondary N) is 1. The van der Waals surface area contributed by atoms with Crippen LogP contribution in [0.5, 0.6) is 17.2 Å². The molecule has 4 aromatic carbocycles. The van der Waals surface area contributed by atoms with E-state index in [2.05, 4.69) is 65.7 Å². The smallest absolute Gasteiger partial charge is 0.217 e. The second kappa shape index (κ2) is 18.0. The van der Waals surface area contributed by atoms with Crippen LogP contribution in [-0.4, -0.2) is 54.8 Å². The van der Waals surface area contributed by atoms with Gasteiger partial charge in [-0.05, 0) is 122 Å². The number of nitrogens with zero attached hydrogens (tertiary/aromatic N) is 3. The van der Waals surface area contributed by atoms with Gasteiger partial charge >= 0.3 is 0 Å². The van der Waals surface area contributed by atoms with Crippen molar-refractivity contribution in [2.24, 2.45) is 11.1 Å². The van der Waals surface area contributed by atoms with Gasteiger partial charge in [-0.3, -0.25) is 4.79 Å². The molecule has 0 unspecified atom stereocenters. The zero-order valence-corrected chi connectivity index (χ0v) is 33.2. The Morgan fingerprint density at radius 3 is 2.46 bits per heavy atom. The Hall–Kier alpha value is -5.10. The third-order valence-electron chi connectivity index (χ3n) is 11.5. The summed E-state index contributed by atoms with van der Waals surface area (Å²) in [4.78, 5) is 13.6. The Kier molecular flexibility index (Phi) is 12.7. The number of fused-ring (bicyclic) bond motifs is 1. The minimum Gasteiger partial charge on any atom is -0.493 e. The highest BCUT2D eigenvalue weighted by atomic mass is 35.5. The summed E-state index contributed by atoms with van der Waals surface area (Å²) in [5.41, 5.74) is 13.8. The molecule has 0 bridgehead atoms. The van der Waals surface area contributed by atoms with Crippen molar-refractivity contribution in [2.75, 3.05) is 32.8 Å². The van der Waals surface area contributed by atoms with E-state index >= 15 is 0 Å². The Balaban J connectivity index is 1.04. The van der Waals surface area contributed by atoms with Crippen molar-refractivity contribution in [2.45, 2.75) is 83.6 Å². The second-order valence-corrected chi connectivity index (χ2v) is 16.3. The van der Waals surface area contributed by atoms with Crippen molar-refractivity contribution >= 4 is 17.5 Å². The average Bonchev–Trinajstić information content (AvgIpc) is 3.59. The molecule has 296 valence electrons. The van der Waals surface area contributed by atoms with Crippen molar-refractivity contribution in [3.63, 3.8) is 0 Å². The maximum atomic E-state index is 11.1. The fourth-order valence-corrected chi connectivity index (χ4v) is 8.94. The fraction of sp³-hybridized carbons (Fsp3) is 0.413. The number of benzene rings is 4. The van der Waals surface area contributed by atoms with Crippen LogP contribution in [0.2, 0.25) is 5.02 Å². The summed E-state index contributed by atoms with van der Waals surface area (Å²) in [5, 5.41) is 32.6. The minimum atomic E-state index is -0.308. The molecule has 1 saturated carbocycles. The molecule has 1 saturated heterocycles. The Morgan fingerprint density at radius 2 is 1.72 bits per heavy atom. The van der Waals surface area contributed by atoms with Crippen LogP contribution < -0.4 is 25.3 Å². The molecule has 1 amide bonds. The number of rotatable bonds is 18. The minimum absolute atomic E-state index is 0.0968. The summed E-state index contributed by atoms with van der Waals surface area (Å²) in [5.74, 6) is 1.68. The molecule has 4 N–H and O–H groups in total. The van der Waals surface area contributed by atoms with Gasteiger partial charge < -0.3 is 35.3 Å². The number of unbranched alkanes of at least 4 members (excludes halogenated alkanes) is 1. The van der Waals surface area contributed by atoms with E-state index in [1.165, 1.54) is 11.1 Å². The van der Waals surface area contributed by atoms with Gasteiger partial charge in [-0.15, -0.1) is 0 Å². The number of aliphatic hydroxyl groups excluding tert-OH is 1. The van der Waals surface area contributed by atoms with Crippen LogP contribution in [-0.2, 0) is 24.4 Å². The van der Waals surface area contributed by atoms with E-state index in [1.54, 1.807) is 18.2 Å². The summed E-state index contributed by atoms with van der Waals surface area (Å²) in [6.07, 6.45) is 6.03. The maximum Gasteiger partial charge on any atom is 0.217 e. The number of amides is 1. The molecule has 2 fully saturated rings. The van der Waals surface area contributed by atoms with E-state index in [0.29, 0.717) is 71.2 Å². The number of carbonyl (C=O) groups is 1. The summed E-state index contributed by atoms with van der Waals surface area (Å²) >= 11 is 6.92. The SMILES string of the molecule is Cc1c(OCCCN2CC3(CC(O)C3)C2)cccc1-c1cccc2c1CC[C@@H]2Oc1cc(OCc2cc(C#N)cc(C#N)c2)c(CNCCCCC(N)=O)cc1Cl. The van der Waals surface area contributed by atoms with Crippen LogP contribution >= 0.6 is 11.6 Å². The summed E-state index contributed by atoms with van der Waals surface area (Å²) in [6.45, 7) is 7.28. The third-order valence-corrected chi connectivity index (χ3v) is 11.8. The molecule has 0 aromatic heterocycles. The van der Waals surface area contributed by atoms with Crippen molar-refractivity contribution in [1.29, 1.82) is 10.5 Å². The molecular weight excluding hydrogens is 738 g/mol. The lowest BCUT2D eigenvalue weighted by Gasteiger charge is -2.58.